The number of carbonyl (C=O) groups is 2. The lowest BCUT2D eigenvalue weighted by Gasteiger charge is -2.22. The van der Waals surface area contributed by atoms with Crippen molar-refractivity contribution >= 4 is 40.7 Å². The van der Waals surface area contributed by atoms with Crippen molar-refractivity contribution in [1.82, 2.24) is 5.32 Å². The first-order chi connectivity index (χ1) is 11.8. The van der Waals surface area contributed by atoms with Crippen molar-refractivity contribution in [2.45, 2.75) is 26.8 Å². The molecule has 0 bridgehead atoms. The number of nitrogens with one attached hydrogen (secondary N) is 2. The van der Waals surface area contributed by atoms with Crippen molar-refractivity contribution in [3.63, 3.8) is 0 Å². The van der Waals surface area contributed by atoms with Crippen LogP contribution in [0.1, 0.15) is 29.8 Å². The molecule has 0 radical (unpaired) electrons. The Kier molecular flexibility index (Phi) is 6.45. The fraction of sp³-hybridized carbons (Fsp3) is 0.263. The van der Waals surface area contributed by atoms with Gasteiger partial charge in [-0.1, -0.05) is 37.0 Å². The SMILES string of the molecule is Cc1cc(Cl)ccc1NC(=O)C(NC(=O)c1ccc(Cl)cc1)C(C)C. The summed E-state index contributed by atoms with van der Waals surface area (Å²) in [4.78, 5) is 25.0. The van der Waals surface area contributed by atoms with E-state index in [9.17, 15) is 9.59 Å². The normalized spacial score (nSPS) is 11.9. The highest BCUT2D eigenvalue weighted by Crippen LogP contribution is 2.20. The highest BCUT2D eigenvalue weighted by Gasteiger charge is 2.25. The van der Waals surface area contributed by atoms with Crippen LogP contribution in [0.5, 0.6) is 0 Å². The summed E-state index contributed by atoms with van der Waals surface area (Å²) in [5, 5.41) is 6.79. The molecule has 0 aliphatic heterocycles. The Hall–Kier alpha value is -2.04. The number of amides is 2. The second kappa shape index (κ2) is 8.37. The van der Waals surface area contributed by atoms with E-state index in [1.165, 1.54) is 0 Å². The summed E-state index contributed by atoms with van der Waals surface area (Å²) in [6.45, 7) is 5.61. The van der Waals surface area contributed by atoms with Crippen LogP contribution < -0.4 is 10.6 Å². The van der Waals surface area contributed by atoms with Gasteiger partial charge in [0.1, 0.15) is 6.04 Å². The standard InChI is InChI=1S/C19H20Cl2N2O2/c1-11(2)17(23-18(24)13-4-6-14(20)7-5-13)19(25)22-16-9-8-15(21)10-12(16)3/h4-11,17H,1-3H3,(H,22,25)(H,23,24). The van der Waals surface area contributed by atoms with Crippen LogP contribution >= 0.6 is 23.2 Å². The summed E-state index contributed by atoms with van der Waals surface area (Å²) in [6, 6.07) is 11.1. The van der Waals surface area contributed by atoms with E-state index in [0.717, 1.165) is 5.56 Å². The second-order valence-electron chi connectivity index (χ2n) is 6.15. The summed E-state index contributed by atoms with van der Waals surface area (Å²) < 4.78 is 0. The van der Waals surface area contributed by atoms with Crippen LogP contribution in [0, 0.1) is 12.8 Å². The molecule has 0 saturated carbocycles. The number of rotatable bonds is 5. The lowest BCUT2D eigenvalue weighted by atomic mass is 10.0. The molecule has 6 heteroatoms. The van der Waals surface area contributed by atoms with Crippen LogP contribution in [0.3, 0.4) is 0 Å². The molecule has 0 aromatic heterocycles. The van der Waals surface area contributed by atoms with E-state index < -0.39 is 6.04 Å². The molecule has 0 spiro atoms. The van der Waals surface area contributed by atoms with E-state index in [2.05, 4.69) is 10.6 Å². The van der Waals surface area contributed by atoms with E-state index in [-0.39, 0.29) is 17.7 Å². The molecular formula is C19H20Cl2N2O2. The molecule has 0 heterocycles. The van der Waals surface area contributed by atoms with Crippen molar-refractivity contribution in [3.8, 4) is 0 Å². The smallest absolute Gasteiger partial charge is 0.251 e. The molecule has 2 aromatic rings. The second-order valence-corrected chi connectivity index (χ2v) is 7.02. The predicted octanol–water partition coefficient (Wildman–Crippen LogP) is 4.69. The molecule has 1 unspecified atom stereocenters. The van der Waals surface area contributed by atoms with Gasteiger partial charge in [-0.05, 0) is 60.9 Å². The quantitative estimate of drug-likeness (QED) is 0.792. The minimum Gasteiger partial charge on any atom is -0.340 e. The molecule has 132 valence electrons. The van der Waals surface area contributed by atoms with Gasteiger partial charge in [0.2, 0.25) is 5.91 Å². The topological polar surface area (TPSA) is 58.2 Å². The fourth-order valence-electron chi connectivity index (χ4n) is 2.34. The molecule has 2 aromatic carbocycles. The van der Waals surface area contributed by atoms with Crippen molar-refractivity contribution in [2.75, 3.05) is 5.32 Å². The van der Waals surface area contributed by atoms with Gasteiger partial charge in [-0.15, -0.1) is 0 Å². The molecule has 0 fully saturated rings. The zero-order chi connectivity index (χ0) is 18.6. The third kappa shape index (κ3) is 5.21. The molecule has 0 aliphatic carbocycles. The summed E-state index contributed by atoms with van der Waals surface area (Å²) in [5.41, 5.74) is 1.97. The van der Waals surface area contributed by atoms with Gasteiger partial charge in [0.25, 0.3) is 5.91 Å². The number of carbonyl (C=O) groups excluding carboxylic acids is 2. The van der Waals surface area contributed by atoms with Crippen LogP contribution in [-0.4, -0.2) is 17.9 Å². The van der Waals surface area contributed by atoms with Gasteiger partial charge in [0.15, 0.2) is 0 Å². The number of aryl methyl sites for hydroxylation is 1. The maximum atomic E-state index is 12.6. The number of hydrogen-bond donors (Lipinski definition) is 2. The molecule has 0 saturated heterocycles. The maximum Gasteiger partial charge on any atom is 0.251 e. The zero-order valence-corrected chi connectivity index (χ0v) is 15.8. The molecule has 4 nitrogen and oxygen atoms in total. The first-order valence-corrected chi connectivity index (χ1v) is 8.67. The Labute approximate surface area is 157 Å². The maximum absolute atomic E-state index is 12.6. The van der Waals surface area contributed by atoms with Gasteiger partial charge in [-0.25, -0.2) is 0 Å². The average Bonchev–Trinajstić information content (AvgIpc) is 2.55. The van der Waals surface area contributed by atoms with E-state index >= 15 is 0 Å². The number of anilines is 1. The van der Waals surface area contributed by atoms with Crippen LogP contribution in [0.15, 0.2) is 42.5 Å². The lowest BCUT2D eigenvalue weighted by molar-refractivity contribution is -0.118. The highest BCUT2D eigenvalue weighted by molar-refractivity contribution is 6.31. The van der Waals surface area contributed by atoms with Crippen LogP contribution in [0.2, 0.25) is 10.0 Å². The summed E-state index contributed by atoms with van der Waals surface area (Å²) in [7, 11) is 0. The van der Waals surface area contributed by atoms with Gasteiger partial charge in [-0.3, -0.25) is 9.59 Å². The molecule has 2 rings (SSSR count). The van der Waals surface area contributed by atoms with Crippen LogP contribution in [-0.2, 0) is 4.79 Å². The first kappa shape index (κ1) is 19.3. The average molecular weight is 379 g/mol. The van der Waals surface area contributed by atoms with E-state index in [0.29, 0.717) is 21.3 Å². The molecule has 2 N–H and O–H groups in total. The molecule has 2 amide bonds. The van der Waals surface area contributed by atoms with Crippen LogP contribution in [0.25, 0.3) is 0 Å². The zero-order valence-electron chi connectivity index (χ0n) is 14.3. The van der Waals surface area contributed by atoms with Crippen molar-refractivity contribution < 1.29 is 9.59 Å². The van der Waals surface area contributed by atoms with Crippen LogP contribution in [0.4, 0.5) is 5.69 Å². The van der Waals surface area contributed by atoms with E-state index in [1.54, 1.807) is 42.5 Å². The molecule has 25 heavy (non-hydrogen) atoms. The largest absolute Gasteiger partial charge is 0.340 e. The third-order valence-electron chi connectivity index (χ3n) is 3.79. The Balaban J connectivity index is 2.12. The first-order valence-electron chi connectivity index (χ1n) is 7.91. The Bertz CT molecular complexity index is 773. The monoisotopic (exact) mass is 378 g/mol. The molecular weight excluding hydrogens is 359 g/mol. The summed E-state index contributed by atoms with van der Waals surface area (Å²) >= 11 is 11.8. The predicted molar refractivity (Wildman–Crippen MR) is 102 cm³/mol. The molecule has 0 aliphatic rings. The van der Waals surface area contributed by atoms with Crippen molar-refractivity contribution in [1.29, 1.82) is 0 Å². The van der Waals surface area contributed by atoms with Gasteiger partial charge >= 0.3 is 0 Å². The van der Waals surface area contributed by atoms with Crippen molar-refractivity contribution in [3.05, 3.63) is 63.6 Å². The Morgan fingerprint density at radius 3 is 2.12 bits per heavy atom. The van der Waals surface area contributed by atoms with E-state index in [1.807, 2.05) is 20.8 Å². The summed E-state index contributed by atoms with van der Waals surface area (Å²) in [5.74, 6) is -0.676. The van der Waals surface area contributed by atoms with Crippen molar-refractivity contribution in [2.24, 2.45) is 5.92 Å². The highest BCUT2D eigenvalue weighted by atomic mass is 35.5. The molecule has 1 atom stereocenters. The van der Waals surface area contributed by atoms with E-state index in [4.69, 9.17) is 23.2 Å². The fourth-order valence-corrected chi connectivity index (χ4v) is 2.69. The van der Waals surface area contributed by atoms with Gasteiger partial charge in [0, 0.05) is 21.3 Å². The number of benzene rings is 2. The minimum absolute atomic E-state index is 0.0798. The minimum atomic E-state index is -0.668. The number of halogens is 2. The summed E-state index contributed by atoms with van der Waals surface area (Å²) in [6.07, 6.45) is 0. The van der Waals surface area contributed by atoms with Gasteiger partial charge in [-0.2, -0.15) is 0 Å². The third-order valence-corrected chi connectivity index (χ3v) is 4.28. The van der Waals surface area contributed by atoms with Gasteiger partial charge in [0.05, 0.1) is 0 Å². The Morgan fingerprint density at radius 2 is 1.56 bits per heavy atom. The van der Waals surface area contributed by atoms with Gasteiger partial charge < -0.3 is 10.6 Å². The number of hydrogen-bond acceptors (Lipinski definition) is 2. The Morgan fingerprint density at radius 1 is 0.960 bits per heavy atom. The lowest BCUT2D eigenvalue weighted by Crippen LogP contribution is -2.47.